The Morgan fingerprint density at radius 1 is 0.972 bits per heavy atom. The number of nitrogens with zero attached hydrogens (tertiary/aromatic N) is 3. The van der Waals surface area contributed by atoms with Crippen molar-refractivity contribution in [2.45, 2.75) is 25.8 Å². The molecule has 2 amide bonds. The third-order valence-electron chi connectivity index (χ3n) is 7.32. The maximum absolute atomic E-state index is 13.7. The topological polar surface area (TPSA) is 53.1 Å². The molecule has 2 aromatic carbocycles. The molecular formula is C29H33N3O3S. The van der Waals surface area contributed by atoms with E-state index in [2.05, 4.69) is 34.5 Å². The van der Waals surface area contributed by atoms with E-state index in [1.54, 1.807) is 18.4 Å². The summed E-state index contributed by atoms with van der Waals surface area (Å²) in [6, 6.07) is 20.3. The highest BCUT2D eigenvalue weighted by Crippen LogP contribution is 2.38. The molecular weight excluding hydrogens is 470 g/mol. The average Bonchev–Trinajstić information content (AvgIpc) is 3.41. The summed E-state index contributed by atoms with van der Waals surface area (Å²) in [5.41, 5.74) is 3.40. The highest BCUT2D eigenvalue weighted by atomic mass is 32.1. The fourth-order valence-electron chi connectivity index (χ4n) is 5.40. The molecule has 1 saturated heterocycles. The number of piperazine rings is 1. The van der Waals surface area contributed by atoms with E-state index < -0.39 is 0 Å². The number of hydrogen-bond acceptors (Lipinski definition) is 5. The second-order valence-electron chi connectivity index (χ2n) is 9.54. The van der Waals surface area contributed by atoms with Gasteiger partial charge in [0.25, 0.3) is 0 Å². The lowest BCUT2D eigenvalue weighted by molar-refractivity contribution is -0.142. The van der Waals surface area contributed by atoms with Gasteiger partial charge in [0, 0.05) is 49.9 Å². The van der Waals surface area contributed by atoms with Gasteiger partial charge in [-0.3, -0.25) is 9.59 Å². The van der Waals surface area contributed by atoms with Crippen molar-refractivity contribution in [3.8, 4) is 5.75 Å². The molecule has 1 fully saturated rings. The number of benzene rings is 2. The van der Waals surface area contributed by atoms with Crippen LogP contribution in [0.2, 0.25) is 0 Å². The summed E-state index contributed by atoms with van der Waals surface area (Å²) in [5.74, 6) is 0.595. The number of carbonyl (C=O) groups excluding carboxylic acids is 2. The van der Waals surface area contributed by atoms with Crippen molar-refractivity contribution < 1.29 is 14.3 Å². The minimum absolute atomic E-state index is 0.0556. The molecule has 7 heteroatoms. The first kappa shape index (κ1) is 24.4. The molecule has 2 aliphatic heterocycles. The molecule has 0 radical (unpaired) electrons. The number of carbonyl (C=O) groups is 2. The molecule has 36 heavy (non-hydrogen) atoms. The summed E-state index contributed by atoms with van der Waals surface area (Å²) in [5, 5.41) is 2.12. The van der Waals surface area contributed by atoms with Gasteiger partial charge in [-0.05, 0) is 41.1 Å². The van der Waals surface area contributed by atoms with Crippen LogP contribution in [0.15, 0.2) is 66.0 Å². The SMILES string of the molecule is COc1ccccc1N1CCN(C(=O)CC(C)C(=O)N2CCc3sccc3C2c2ccccc2)CC1. The van der Waals surface area contributed by atoms with Gasteiger partial charge in [0.15, 0.2) is 0 Å². The first-order valence-corrected chi connectivity index (χ1v) is 13.5. The van der Waals surface area contributed by atoms with Crippen LogP contribution in [0.3, 0.4) is 0 Å². The van der Waals surface area contributed by atoms with Crippen molar-refractivity contribution in [3.05, 3.63) is 82.0 Å². The number of rotatable bonds is 6. The summed E-state index contributed by atoms with van der Waals surface area (Å²) in [6.45, 7) is 5.37. The van der Waals surface area contributed by atoms with Crippen LogP contribution in [-0.2, 0) is 16.0 Å². The second-order valence-corrected chi connectivity index (χ2v) is 10.5. The zero-order valence-corrected chi connectivity index (χ0v) is 21.7. The number of hydrogen-bond donors (Lipinski definition) is 0. The van der Waals surface area contributed by atoms with E-state index in [9.17, 15) is 9.59 Å². The fourth-order valence-corrected chi connectivity index (χ4v) is 6.30. The van der Waals surface area contributed by atoms with E-state index in [-0.39, 0.29) is 30.2 Å². The Hall–Kier alpha value is -3.32. The van der Waals surface area contributed by atoms with Crippen LogP contribution < -0.4 is 9.64 Å². The molecule has 2 unspecified atom stereocenters. The predicted octanol–water partition coefficient (Wildman–Crippen LogP) is 4.61. The second kappa shape index (κ2) is 10.7. The number of amides is 2. The van der Waals surface area contributed by atoms with E-state index in [1.165, 1.54) is 10.4 Å². The van der Waals surface area contributed by atoms with Gasteiger partial charge in [0.05, 0.1) is 18.8 Å². The van der Waals surface area contributed by atoms with E-state index in [4.69, 9.17) is 4.74 Å². The van der Waals surface area contributed by atoms with Gasteiger partial charge in [-0.25, -0.2) is 0 Å². The zero-order chi connectivity index (χ0) is 25.1. The molecule has 0 bridgehead atoms. The van der Waals surface area contributed by atoms with Gasteiger partial charge >= 0.3 is 0 Å². The van der Waals surface area contributed by atoms with Gasteiger partial charge in [-0.1, -0.05) is 49.4 Å². The van der Waals surface area contributed by atoms with Gasteiger partial charge in [0.1, 0.15) is 5.75 Å². The average molecular weight is 504 g/mol. The third kappa shape index (κ3) is 4.85. The van der Waals surface area contributed by atoms with Crippen molar-refractivity contribution in [1.82, 2.24) is 9.80 Å². The van der Waals surface area contributed by atoms with E-state index in [0.717, 1.165) is 36.5 Å². The van der Waals surface area contributed by atoms with E-state index in [1.807, 2.05) is 53.1 Å². The molecule has 0 spiro atoms. The van der Waals surface area contributed by atoms with Gasteiger partial charge in [0.2, 0.25) is 11.8 Å². The van der Waals surface area contributed by atoms with Crippen LogP contribution >= 0.6 is 11.3 Å². The Morgan fingerprint density at radius 2 is 1.69 bits per heavy atom. The molecule has 188 valence electrons. The number of methoxy groups -OCH3 is 1. The molecule has 5 rings (SSSR count). The first-order chi connectivity index (χ1) is 17.6. The van der Waals surface area contributed by atoms with Crippen molar-refractivity contribution >= 4 is 28.8 Å². The predicted molar refractivity (Wildman–Crippen MR) is 144 cm³/mol. The van der Waals surface area contributed by atoms with Crippen molar-refractivity contribution in [2.24, 2.45) is 5.92 Å². The van der Waals surface area contributed by atoms with Crippen molar-refractivity contribution in [1.29, 1.82) is 0 Å². The molecule has 6 nitrogen and oxygen atoms in total. The number of thiophene rings is 1. The summed E-state index contributed by atoms with van der Waals surface area (Å²) >= 11 is 1.77. The lowest BCUT2D eigenvalue weighted by Crippen LogP contribution is -2.50. The highest BCUT2D eigenvalue weighted by molar-refractivity contribution is 7.10. The van der Waals surface area contributed by atoms with Crippen molar-refractivity contribution in [2.75, 3.05) is 44.7 Å². The van der Waals surface area contributed by atoms with E-state index >= 15 is 0 Å². The molecule has 2 aliphatic rings. The Bertz CT molecular complexity index is 1200. The number of anilines is 1. The van der Waals surface area contributed by atoms with Crippen LogP contribution in [0, 0.1) is 5.92 Å². The lowest BCUT2D eigenvalue weighted by atomic mass is 9.91. The third-order valence-corrected chi connectivity index (χ3v) is 8.32. The Balaban J connectivity index is 1.23. The lowest BCUT2D eigenvalue weighted by Gasteiger charge is -2.39. The largest absolute Gasteiger partial charge is 0.495 e. The smallest absolute Gasteiger partial charge is 0.226 e. The van der Waals surface area contributed by atoms with Crippen molar-refractivity contribution in [3.63, 3.8) is 0 Å². The van der Waals surface area contributed by atoms with Crippen LogP contribution in [0.1, 0.15) is 35.4 Å². The van der Waals surface area contributed by atoms with E-state index in [0.29, 0.717) is 19.6 Å². The van der Waals surface area contributed by atoms with Crippen LogP contribution in [0.25, 0.3) is 0 Å². The fraction of sp³-hybridized carbons (Fsp3) is 0.379. The standard InChI is InChI=1S/C29H33N3O3S/c1-21(20-27(33)31-17-15-30(16-18-31)24-10-6-7-11-25(24)35-2)29(34)32-14-12-26-23(13-19-36-26)28(32)22-8-4-3-5-9-22/h3-11,13,19,21,28H,12,14-18,20H2,1-2H3. The molecule has 3 aromatic rings. The van der Waals surface area contributed by atoms with Crippen LogP contribution in [-0.4, -0.2) is 61.4 Å². The molecule has 3 heterocycles. The van der Waals surface area contributed by atoms with Crippen LogP contribution in [0.5, 0.6) is 5.75 Å². The number of ether oxygens (including phenoxy) is 1. The molecule has 0 N–H and O–H groups in total. The molecule has 1 aromatic heterocycles. The quantitative estimate of drug-likeness (QED) is 0.493. The molecule has 0 aliphatic carbocycles. The molecule has 2 atom stereocenters. The Morgan fingerprint density at radius 3 is 2.44 bits per heavy atom. The highest BCUT2D eigenvalue weighted by Gasteiger charge is 2.35. The molecule has 0 saturated carbocycles. The minimum Gasteiger partial charge on any atom is -0.495 e. The minimum atomic E-state index is -0.365. The van der Waals surface area contributed by atoms with Gasteiger partial charge in [-0.15, -0.1) is 11.3 Å². The summed E-state index contributed by atoms with van der Waals surface area (Å²) < 4.78 is 5.50. The monoisotopic (exact) mass is 503 g/mol. The normalized spacial score (nSPS) is 18.5. The summed E-state index contributed by atoms with van der Waals surface area (Å²) in [4.78, 5) is 34.4. The zero-order valence-electron chi connectivity index (χ0n) is 20.9. The first-order valence-electron chi connectivity index (χ1n) is 12.6. The summed E-state index contributed by atoms with van der Waals surface area (Å²) in [6.07, 6.45) is 1.11. The van der Waals surface area contributed by atoms with Gasteiger partial charge < -0.3 is 19.4 Å². The Labute approximate surface area is 217 Å². The summed E-state index contributed by atoms with van der Waals surface area (Å²) in [7, 11) is 1.68. The Kier molecular flexibility index (Phi) is 7.28. The number of para-hydroxylation sites is 2. The van der Waals surface area contributed by atoms with Crippen LogP contribution in [0.4, 0.5) is 5.69 Å². The number of fused-ring (bicyclic) bond motifs is 1. The maximum Gasteiger partial charge on any atom is 0.226 e. The maximum atomic E-state index is 13.7. The van der Waals surface area contributed by atoms with Gasteiger partial charge in [-0.2, -0.15) is 0 Å².